The summed E-state index contributed by atoms with van der Waals surface area (Å²) in [6.45, 7) is 2.80. The Balaban J connectivity index is 2.10. The molecule has 0 aliphatic heterocycles. The molecule has 2 amide bonds. The smallest absolute Gasteiger partial charge is 0.378 e. The summed E-state index contributed by atoms with van der Waals surface area (Å²) in [7, 11) is 3.77. The van der Waals surface area contributed by atoms with Gasteiger partial charge in [0.2, 0.25) is 11.8 Å². The molecule has 0 radical (unpaired) electrons. The lowest BCUT2D eigenvalue weighted by molar-refractivity contribution is -0.138. The van der Waals surface area contributed by atoms with E-state index in [0.29, 0.717) is 5.69 Å². The average molecular weight is 393 g/mol. The molecule has 0 saturated carbocycles. The van der Waals surface area contributed by atoms with E-state index in [1.165, 1.54) is 26.0 Å². The van der Waals surface area contributed by atoms with E-state index in [1.807, 2.05) is 31.1 Å². The SMILES string of the molecule is CN(C)c1ccc(NC(=O)C(C)(C)C(=O)Nc2cccc(C(F)(F)F)c2)cc1. The number of anilines is 3. The fraction of sp³-hybridized carbons (Fsp3) is 0.300. The first-order valence-corrected chi connectivity index (χ1v) is 8.49. The molecule has 0 aliphatic carbocycles. The molecule has 2 N–H and O–H groups in total. The predicted molar refractivity (Wildman–Crippen MR) is 103 cm³/mol. The summed E-state index contributed by atoms with van der Waals surface area (Å²) in [6.07, 6.45) is -4.52. The van der Waals surface area contributed by atoms with E-state index in [2.05, 4.69) is 10.6 Å². The van der Waals surface area contributed by atoms with Crippen LogP contribution in [-0.2, 0) is 15.8 Å². The zero-order valence-corrected chi connectivity index (χ0v) is 16.0. The fourth-order valence-corrected chi connectivity index (χ4v) is 2.29. The van der Waals surface area contributed by atoms with Crippen LogP contribution in [0.2, 0.25) is 0 Å². The van der Waals surface area contributed by atoms with Crippen molar-refractivity contribution in [3.63, 3.8) is 0 Å². The maximum absolute atomic E-state index is 12.8. The molecule has 0 fully saturated rings. The number of hydrogen-bond donors (Lipinski definition) is 2. The Kier molecular flexibility index (Phi) is 6.01. The van der Waals surface area contributed by atoms with Gasteiger partial charge in [0.1, 0.15) is 5.41 Å². The van der Waals surface area contributed by atoms with Gasteiger partial charge in [0.05, 0.1) is 5.56 Å². The molecular weight excluding hydrogens is 371 g/mol. The third-order valence-corrected chi connectivity index (χ3v) is 4.22. The highest BCUT2D eigenvalue weighted by Gasteiger charge is 2.37. The van der Waals surface area contributed by atoms with Crippen molar-refractivity contribution in [1.29, 1.82) is 0 Å². The number of carbonyl (C=O) groups excluding carboxylic acids is 2. The van der Waals surface area contributed by atoms with Crippen LogP contribution in [0.15, 0.2) is 48.5 Å². The van der Waals surface area contributed by atoms with Crippen LogP contribution in [0.5, 0.6) is 0 Å². The Hall–Kier alpha value is -3.03. The Morgan fingerprint density at radius 2 is 1.39 bits per heavy atom. The molecule has 0 spiro atoms. The lowest BCUT2D eigenvalue weighted by atomic mass is 9.90. The van der Waals surface area contributed by atoms with Gasteiger partial charge in [-0.3, -0.25) is 9.59 Å². The number of nitrogens with one attached hydrogen (secondary N) is 2. The lowest BCUT2D eigenvalue weighted by Crippen LogP contribution is -2.41. The number of carbonyl (C=O) groups is 2. The van der Waals surface area contributed by atoms with Crippen molar-refractivity contribution >= 4 is 28.9 Å². The van der Waals surface area contributed by atoms with Gasteiger partial charge in [-0.1, -0.05) is 6.07 Å². The molecule has 0 bridgehead atoms. The summed E-state index contributed by atoms with van der Waals surface area (Å²) in [5.41, 5.74) is -0.964. The summed E-state index contributed by atoms with van der Waals surface area (Å²) >= 11 is 0. The van der Waals surface area contributed by atoms with Crippen LogP contribution in [0.1, 0.15) is 19.4 Å². The van der Waals surface area contributed by atoms with Gasteiger partial charge in [0.25, 0.3) is 0 Å². The van der Waals surface area contributed by atoms with Gasteiger partial charge < -0.3 is 15.5 Å². The van der Waals surface area contributed by atoms with Crippen molar-refractivity contribution in [2.75, 3.05) is 29.6 Å². The van der Waals surface area contributed by atoms with Gasteiger partial charge in [-0.05, 0) is 56.3 Å². The van der Waals surface area contributed by atoms with Gasteiger partial charge in [-0.25, -0.2) is 0 Å². The third-order valence-electron chi connectivity index (χ3n) is 4.22. The van der Waals surface area contributed by atoms with Crippen LogP contribution in [-0.4, -0.2) is 25.9 Å². The van der Waals surface area contributed by atoms with Crippen molar-refractivity contribution in [2.24, 2.45) is 5.41 Å². The van der Waals surface area contributed by atoms with E-state index in [-0.39, 0.29) is 5.69 Å². The second-order valence-corrected chi connectivity index (χ2v) is 7.05. The molecular formula is C20H22F3N3O2. The number of rotatable bonds is 5. The monoisotopic (exact) mass is 393 g/mol. The van der Waals surface area contributed by atoms with Crippen LogP contribution in [0.25, 0.3) is 0 Å². The minimum atomic E-state index is -4.52. The van der Waals surface area contributed by atoms with Crippen molar-refractivity contribution < 1.29 is 22.8 Å². The summed E-state index contributed by atoms with van der Waals surface area (Å²) in [6, 6.07) is 11.3. The second kappa shape index (κ2) is 7.92. The number of hydrogen-bond acceptors (Lipinski definition) is 3. The highest BCUT2D eigenvalue weighted by atomic mass is 19.4. The van der Waals surface area contributed by atoms with Gasteiger partial charge >= 0.3 is 6.18 Å². The fourth-order valence-electron chi connectivity index (χ4n) is 2.29. The van der Waals surface area contributed by atoms with E-state index in [0.717, 1.165) is 17.8 Å². The van der Waals surface area contributed by atoms with E-state index >= 15 is 0 Å². The Bertz CT molecular complexity index is 860. The lowest BCUT2D eigenvalue weighted by Gasteiger charge is -2.23. The van der Waals surface area contributed by atoms with Gasteiger partial charge in [-0.15, -0.1) is 0 Å². The van der Waals surface area contributed by atoms with E-state index in [1.54, 1.807) is 12.1 Å². The molecule has 5 nitrogen and oxygen atoms in total. The van der Waals surface area contributed by atoms with Crippen molar-refractivity contribution in [3.8, 4) is 0 Å². The first-order chi connectivity index (χ1) is 12.9. The number of benzene rings is 2. The number of nitrogens with zero attached hydrogens (tertiary/aromatic N) is 1. The molecule has 0 atom stereocenters. The summed E-state index contributed by atoms with van der Waals surface area (Å²) in [4.78, 5) is 27.0. The molecule has 0 aliphatic rings. The van der Waals surface area contributed by atoms with Crippen LogP contribution < -0.4 is 15.5 Å². The predicted octanol–water partition coefficient (Wildman–Crippen LogP) is 4.37. The van der Waals surface area contributed by atoms with Gasteiger partial charge in [0, 0.05) is 31.2 Å². The molecule has 2 rings (SSSR count). The van der Waals surface area contributed by atoms with Gasteiger partial charge in [-0.2, -0.15) is 13.2 Å². The van der Waals surface area contributed by atoms with Crippen LogP contribution in [0.3, 0.4) is 0 Å². The number of halogens is 3. The molecule has 0 aromatic heterocycles. The maximum atomic E-state index is 12.8. The van der Waals surface area contributed by atoms with Crippen molar-refractivity contribution in [2.45, 2.75) is 20.0 Å². The Morgan fingerprint density at radius 1 is 0.857 bits per heavy atom. The Labute approximate surface area is 161 Å². The minimum absolute atomic E-state index is 0.0314. The Morgan fingerprint density at radius 3 is 1.89 bits per heavy atom. The van der Waals surface area contributed by atoms with Crippen LogP contribution in [0, 0.1) is 5.41 Å². The standard InChI is InChI=1S/C20H22F3N3O2/c1-19(2,17(27)24-14-8-10-16(11-9-14)26(3)4)18(28)25-15-7-5-6-13(12-15)20(21,22)23/h5-12H,1-4H3,(H,24,27)(H,25,28). The van der Waals surface area contributed by atoms with E-state index in [9.17, 15) is 22.8 Å². The zero-order chi connectivity index (χ0) is 21.1. The number of amides is 2. The zero-order valence-electron chi connectivity index (χ0n) is 16.0. The summed E-state index contributed by atoms with van der Waals surface area (Å²) < 4.78 is 38.4. The largest absolute Gasteiger partial charge is 0.416 e. The number of alkyl halides is 3. The third kappa shape index (κ3) is 5.03. The molecule has 2 aromatic carbocycles. The molecule has 28 heavy (non-hydrogen) atoms. The topological polar surface area (TPSA) is 61.4 Å². The molecule has 0 unspecified atom stereocenters. The van der Waals surface area contributed by atoms with Gasteiger partial charge in [0.15, 0.2) is 0 Å². The van der Waals surface area contributed by atoms with Crippen LogP contribution >= 0.6 is 0 Å². The molecule has 0 saturated heterocycles. The highest BCUT2D eigenvalue weighted by molar-refractivity contribution is 6.14. The molecule has 8 heteroatoms. The van der Waals surface area contributed by atoms with Crippen LogP contribution in [0.4, 0.5) is 30.2 Å². The van der Waals surface area contributed by atoms with Crippen molar-refractivity contribution in [1.82, 2.24) is 0 Å². The quantitative estimate of drug-likeness (QED) is 0.742. The van der Waals surface area contributed by atoms with E-state index in [4.69, 9.17) is 0 Å². The van der Waals surface area contributed by atoms with E-state index < -0.39 is 29.0 Å². The molecule has 0 heterocycles. The normalized spacial score (nSPS) is 11.7. The summed E-state index contributed by atoms with van der Waals surface area (Å²) in [5, 5.41) is 5.03. The maximum Gasteiger partial charge on any atom is 0.416 e. The highest BCUT2D eigenvalue weighted by Crippen LogP contribution is 2.31. The average Bonchev–Trinajstić information content (AvgIpc) is 2.61. The van der Waals surface area contributed by atoms with Crippen molar-refractivity contribution in [3.05, 3.63) is 54.1 Å². The first-order valence-electron chi connectivity index (χ1n) is 8.49. The molecule has 150 valence electrons. The minimum Gasteiger partial charge on any atom is -0.378 e. The second-order valence-electron chi connectivity index (χ2n) is 7.05. The molecule has 2 aromatic rings. The first kappa shape index (κ1) is 21.3. The summed E-state index contributed by atoms with van der Waals surface area (Å²) in [5.74, 6) is -1.29.